The molecule has 0 spiro atoms. The second kappa shape index (κ2) is 5.24. The number of benzene rings is 1. The first-order valence-electron chi connectivity index (χ1n) is 7.32. The van der Waals surface area contributed by atoms with Crippen molar-refractivity contribution in [1.29, 1.82) is 0 Å². The van der Waals surface area contributed by atoms with E-state index in [9.17, 15) is 14.7 Å². The van der Waals surface area contributed by atoms with Gasteiger partial charge < -0.3 is 10.4 Å². The first-order chi connectivity index (χ1) is 9.96. The number of carbonyl (C=O) groups is 2. The van der Waals surface area contributed by atoms with Gasteiger partial charge in [0.05, 0.1) is 12.1 Å². The van der Waals surface area contributed by atoms with Gasteiger partial charge >= 0.3 is 0 Å². The summed E-state index contributed by atoms with van der Waals surface area (Å²) in [4.78, 5) is 25.2. The molecule has 21 heavy (non-hydrogen) atoms. The Hall–Kier alpha value is -1.72. The van der Waals surface area contributed by atoms with Crippen LogP contribution < -0.4 is 5.32 Å². The first kappa shape index (κ1) is 14.2. The molecule has 5 heteroatoms. The smallest absolute Gasteiger partial charge is 0.238 e. The maximum Gasteiger partial charge on any atom is 0.238 e. The number of Topliss-reactive ketones (excluding diaryl/α,β-unsaturated/α-hetero) is 1. The number of β-amino-alcohol motifs (C(OH)–C–C–N with tert-alkyl or cyclic N) is 1. The van der Waals surface area contributed by atoms with E-state index in [1.807, 2.05) is 4.90 Å². The molecule has 3 rings (SSSR count). The van der Waals surface area contributed by atoms with Gasteiger partial charge in [-0.3, -0.25) is 14.5 Å². The zero-order chi connectivity index (χ0) is 15.0. The number of hydrogen-bond donors (Lipinski definition) is 2. The molecule has 1 heterocycles. The molecule has 0 aromatic heterocycles. The summed E-state index contributed by atoms with van der Waals surface area (Å²) in [6, 6.07) is 6.92. The molecule has 1 aliphatic heterocycles. The van der Waals surface area contributed by atoms with Gasteiger partial charge in [-0.05, 0) is 37.8 Å². The van der Waals surface area contributed by atoms with E-state index in [0.717, 1.165) is 12.8 Å². The minimum atomic E-state index is -0.561. The molecule has 0 radical (unpaired) electrons. The van der Waals surface area contributed by atoms with Crippen LogP contribution in [0.25, 0.3) is 0 Å². The van der Waals surface area contributed by atoms with Crippen LogP contribution in [-0.2, 0) is 4.79 Å². The minimum Gasteiger partial charge on any atom is -0.387 e. The lowest BCUT2D eigenvalue weighted by Gasteiger charge is -2.46. The predicted octanol–water partition coefficient (Wildman–Crippen LogP) is 1.28. The Morgan fingerprint density at radius 2 is 2.10 bits per heavy atom. The van der Waals surface area contributed by atoms with E-state index in [-0.39, 0.29) is 18.2 Å². The molecular weight excluding hydrogens is 268 g/mol. The molecule has 1 aromatic carbocycles. The summed E-state index contributed by atoms with van der Waals surface area (Å²) >= 11 is 0. The fourth-order valence-electron chi connectivity index (χ4n) is 2.94. The molecule has 2 N–H and O–H groups in total. The van der Waals surface area contributed by atoms with Crippen molar-refractivity contribution in [2.75, 3.05) is 25.0 Å². The normalized spacial score (nSPS) is 20.7. The van der Waals surface area contributed by atoms with E-state index < -0.39 is 5.60 Å². The Bertz CT molecular complexity index is 575. The van der Waals surface area contributed by atoms with E-state index in [4.69, 9.17) is 0 Å². The van der Waals surface area contributed by atoms with Crippen molar-refractivity contribution in [2.45, 2.75) is 25.4 Å². The molecule has 2 aliphatic rings. The summed E-state index contributed by atoms with van der Waals surface area (Å²) in [7, 11) is 0. The third kappa shape index (κ3) is 3.14. The maximum absolute atomic E-state index is 12.0. The van der Waals surface area contributed by atoms with E-state index >= 15 is 0 Å². The zero-order valence-corrected chi connectivity index (χ0v) is 12.1. The highest BCUT2D eigenvalue weighted by Gasteiger charge is 2.51. The average molecular weight is 288 g/mol. The van der Waals surface area contributed by atoms with Gasteiger partial charge in [0.15, 0.2) is 5.78 Å². The fraction of sp³-hybridized carbons (Fsp3) is 0.500. The highest BCUT2D eigenvalue weighted by Crippen LogP contribution is 2.44. The van der Waals surface area contributed by atoms with Gasteiger partial charge in [0.2, 0.25) is 5.91 Å². The molecule has 1 aromatic rings. The van der Waals surface area contributed by atoms with E-state index in [0.29, 0.717) is 30.3 Å². The Labute approximate surface area is 123 Å². The highest BCUT2D eigenvalue weighted by atomic mass is 16.3. The average Bonchev–Trinajstić information content (AvgIpc) is 3.21. The lowest BCUT2D eigenvalue weighted by atomic mass is 9.89. The van der Waals surface area contributed by atoms with Gasteiger partial charge in [0, 0.05) is 24.3 Å². The lowest BCUT2D eigenvalue weighted by molar-refractivity contribution is -0.132. The van der Waals surface area contributed by atoms with Gasteiger partial charge in [-0.1, -0.05) is 12.1 Å². The zero-order valence-electron chi connectivity index (χ0n) is 12.1. The minimum absolute atomic E-state index is 0.0247. The lowest BCUT2D eigenvalue weighted by Crippen LogP contribution is -2.64. The van der Waals surface area contributed by atoms with E-state index in [1.165, 1.54) is 6.92 Å². The summed E-state index contributed by atoms with van der Waals surface area (Å²) < 4.78 is 0. The van der Waals surface area contributed by atoms with Crippen LogP contribution in [0.2, 0.25) is 0 Å². The van der Waals surface area contributed by atoms with E-state index in [2.05, 4.69) is 5.32 Å². The third-order valence-corrected chi connectivity index (χ3v) is 4.25. The molecule has 5 nitrogen and oxygen atoms in total. The molecular formula is C16H20N2O3. The molecule has 1 aliphatic carbocycles. The Kier molecular flexibility index (Phi) is 3.55. The monoisotopic (exact) mass is 288 g/mol. The number of ketones is 1. The highest BCUT2D eigenvalue weighted by molar-refractivity contribution is 5.97. The summed E-state index contributed by atoms with van der Waals surface area (Å²) in [6.45, 7) is 2.94. The quantitative estimate of drug-likeness (QED) is 0.801. The van der Waals surface area contributed by atoms with Gasteiger partial charge in [0.25, 0.3) is 0 Å². The van der Waals surface area contributed by atoms with Crippen molar-refractivity contribution in [1.82, 2.24) is 4.90 Å². The number of nitrogens with one attached hydrogen (secondary N) is 1. The van der Waals surface area contributed by atoms with Crippen molar-refractivity contribution in [2.24, 2.45) is 5.92 Å². The number of amides is 1. The molecule has 1 amide bonds. The SMILES string of the molecule is CC(=O)c1cccc(NC(=O)CN2CC(O)(C3CC3)C2)c1. The van der Waals surface area contributed by atoms with Crippen LogP contribution >= 0.6 is 0 Å². The number of nitrogens with zero attached hydrogens (tertiary/aromatic N) is 1. The van der Waals surface area contributed by atoms with Crippen LogP contribution in [0.4, 0.5) is 5.69 Å². The van der Waals surface area contributed by atoms with Gasteiger partial charge in [-0.25, -0.2) is 0 Å². The summed E-state index contributed by atoms with van der Waals surface area (Å²) in [5.74, 6) is 0.293. The van der Waals surface area contributed by atoms with Crippen molar-refractivity contribution < 1.29 is 14.7 Å². The van der Waals surface area contributed by atoms with Crippen LogP contribution in [0.1, 0.15) is 30.1 Å². The van der Waals surface area contributed by atoms with Crippen LogP contribution in [-0.4, -0.2) is 46.9 Å². The number of rotatable bonds is 5. The van der Waals surface area contributed by atoms with Crippen molar-refractivity contribution >= 4 is 17.4 Å². The molecule has 1 saturated carbocycles. The van der Waals surface area contributed by atoms with E-state index in [1.54, 1.807) is 24.3 Å². The van der Waals surface area contributed by atoms with Crippen molar-refractivity contribution in [3.8, 4) is 0 Å². The Morgan fingerprint density at radius 1 is 1.38 bits per heavy atom. The number of hydrogen-bond acceptors (Lipinski definition) is 4. The third-order valence-electron chi connectivity index (χ3n) is 4.25. The number of likely N-dealkylation sites (tertiary alicyclic amines) is 1. The number of carbonyl (C=O) groups excluding carboxylic acids is 2. The van der Waals surface area contributed by atoms with Crippen molar-refractivity contribution in [3.63, 3.8) is 0 Å². The largest absolute Gasteiger partial charge is 0.387 e. The number of anilines is 1. The van der Waals surface area contributed by atoms with Crippen LogP contribution in [0.15, 0.2) is 24.3 Å². The van der Waals surface area contributed by atoms with Crippen LogP contribution in [0.5, 0.6) is 0 Å². The Balaban J connectivity index is 1.51. The van der Waals surface area contributed by atoms with Gasteiger partial charge in [-0.15, -0.1) is 0 Å². The molecule has 0 unspecified atom stereocenters. The second-order valence-electron chi connectivity index (χ2n) is 6.21. The van der Waals surface area contributed by atoms with Crippen LogP contribution in [0, 0.1) is 5.92 Å². The molecule has 0 atom stereocenters. The maximum atomic E-state index is 12.0. The predicted molar refractivity (Wildman–Crippen MR) is 79.2 cm³/mol. The standard InChI is InChI=1S/C16H20N2O3/c1-11(19)12-3-2-4-14(7-12)17-15(20)8-18-9-16(21,10-18)13-5-6-13/h2-4,7,13,21H,5-6,8-10H2,1H3,(H,17,20). The van der Waals surface area contributed by atoms with Crippen molar-refractivity contribution in [3.05, 3.63) is 29.8 Å². The topological polar surface area (TPSA) is 69.6 Å². The van der Waals surface area contributed by atoms with Gasteiger partial charge in [0.1, 0.15) is 0 Å². The number of aliphatic hydroxyl groups is 1. The van der Waals surface area contributed by atoms with Crippen LogP contribution in [0.3, 0.4) is 0 Å². The summed E-state index contributed by atoms with van der Waals surface area (Å²) in [5.41, 5.74) is 0.653. The second-order valence-corrected chi connectivity index (χ2v) is 6.21. The Morgan fingerprint density at radius 3 is 2.71 bits per heavy atom. The molecule has 112 valence electrons. The molecule has 0 bridgehead atoms. The molecule has 2 fully saturated rings. The summed E-state index contributed by atoms with van der Waals surface area (Å²) in [5, 5.41) is 13.0. The fourth-order valence-corrected chi connectivity index (χ4v) is 2.94. The summed E-state index contributed by atoms with van der Waals surface area (Å²) in [6.07, 6.45) is 2.21. The van der Waals surface area contributed by atoms with Gasteiger partial charge in [-0.2, -0.15) is 0 Å². The molecule has 1 saturated heterocycles. The first-order valence-corrected chi connectivity index (χ1v) is 7.32.